The van der Waals surface area contributed by atoms with Gasteiger partial charge in [0.2, 0.25) is 0 Å². The summed E-state index contributed by atoms with van der Waals surface area (Å²) in [5, 5.41) is 0.753. The van der Waals surface area contributed by atoms with Crippen molar-refractivity contribution in [3.8, 4) is 11.5 Å². The summed E-state index contributed by atoms with van der Waals surface area (Å²) < 4.78 is 11.7. The van der Waals surface area contributed by atoms with Gasteiger partial charge in [-0.3, -0.25) is 9.69 Å². The van der Waals surface area contributed by atoms with E-state index < -0.39 is 0 Å². The molecule has 0 unspecified atom stereocenters. The van der Waals surface area contributed by atoms with Gasteiger partial charge in [0.1, 0.15) is 0 Å². The molecular weight excluding hydrogens is 488 g/mol. The fourth-order valence-corrected chi connectivity index (χ4v) is 5.74. The average Bonchev–Trinajstić information content (AvgIpc) is 3.10. The second-order valence-electron chi connectivity index (χ2n) is 8.07. The first-order valence-electron chi connectivity index (χ1n) is 10.8. The number of amides is 1. The van der Waals surface area contributed by atoms with Gasteiger partial charge in [-0.1, -0.05) is 53.9 Å². The number of hydrogen-bond acceptors (Lipinski definition) is 5. The Bertz CT molecular complexity index is 1050. The number of carbonyl (C=O) groups excluding carboxylic acids is 1. The highest BCUT2D eigenvalue weighted by Crippen LogP contribution is 2.41. The van der Waals surface area contributed by atoms with Gasteiger partial charge in [-0.25, -0.2) is 4.99 Å². The maximum atomic E-state index is 13.6. The lowest BCUT2D eigenvalue weighted by Crippen LogP contribution is -2.44. The minimum absolute atomic E-state index is 0.0186. The van der Waals surface area contributed by atoms with Crippen LogP contribution in [-0.2, 0) is 4.79 Å². The van der Waals surface area contributed by atoms with Crippen LogP contribution in [-0.4, -0.2) is 36.2 Å². The average molecular weight is 515 g/mol. The van der Waals surface area contributed by atoms with Gasteiger partial charge >= 0.3 is 0 Å². The summed E-state index contributed by atoms with van der Waals surface area (Å²) in [6.45, 7) is 2.24. The molecule has 1 amide bonds. The second-order valence-corrected chi connectivity index (χ2v) is 9.94. The molecule has 1 aliphatic carbocycles. The van der Waals surface area contributed by atoms with Crippen LogP contribution in [0.4, 0.5) is 5.69 Å². The van der Waals surface area contributed by atoms with Gasteiger partial charge in [-0.2, -0.15) is 0 Å². The summed E-state index contributed by atoms with van der Waals surface area (Å²) in [5.74, 6) is 1.72. The van der Waals surface area contributed by atoms with Crippen LogP contribution in [0.2, 0.25) is 0 Å². The lowest BCUT2D eigenvalue weighted by molar-refractivity contribution is -0.124. The van der Waals surface area contributed by atoms with E-state index in [1.165, 1.54) is 18.2 Å². The van der Waals surface area contributed by atoms with Crippen LogP contribution in [0.5, 0.6) is 11.5 Å². The molecule has 1 saturated heterocycles. The first kappa shape index (κ1) is 22.9. The maximum absolute atomic E-state index is 13.6. The quantitative estimate of drug-likeness (QED) is 0.419. The molecule has 2 fully saturated rings. The number of benzene rings is 2. The third-order valence-corrected chi connectivity index (χ3v) is 7.67. The molecule has 0 radical (unpaired) electrons. The third kappa shape index (κ3) is 4.74. The van der Waals surface area contributed by atoms with E-state index >= 15 is 0 Å². The third-order valence-electron chi connectivity index (χ3n) is 6.01. The topological polar surface area (TPSA) is 51.1 Å². The minimum atomic E-state index is 0.0186. The first-order chi connectivity index (χ1) is 15.5. The predicted octanol–water partition coefficient (Wildman–Crippen LogP) is 6.65. The fraction of sp³-hybridized carbons (Fsp3) is 0.360. The lowest BCUT2D eigenvalue weighted by atomic mass is 9.85. The molecule has 4 rings (SSSR count). The molecule has 168 valence electrons. The summed E-state index contributed by atoms with van der Waals surface area (Å²) in [6.07, 6.45) is 6.42. The SMILES string of the molecule is COc1cc(Br)c(/C=C2\SC(=Nc3ccccc3)N([C@@H]3CCCC[C@@H]3C)C2=O)cc1OC. The largest absolute Gasteiger partial charge is 0.493 e. The molecule has 2 aromatic rings. The van der Waals surface area contributed by atoms with Crippen LogP contribution in [0.25, 0.3) is 6.08 Å². The number of ether oxygens (including phenoxy) is 2. The van der Waals surface area contributed by atoms with Crippen LogP contribution in [0.1, 0.15) is 38.2 Å². The van der Waals surface area contributed by atoms with E-state index in [0.717, 1.165) is 40.2 Å². The summed E-state index contributed by atoms with van der Waals surface area (Å²) in [6, 6.07) is 13.7. The van der Waals surface area contributed by atoms with Gasteiger partial charge in [0, 0.05) is 10.5 Å². The van der Waals surface area contributed by atoms with Gasteiger partial charge < -0.3 is 9.47 Å². The Morgan fingerprint density at radius 1 is 1.09 bits per heavy atom. The Balaban J connectivity index is 1.75. The van der Waals surface area contributed by atoms with Crippen LogP contribution < -0.4 is 9.47 Å². The molecule has 1 saturated carbocycles. The predicted molar refractivity (Wildman–Crippen MR) is 135 cm³/mol. The van der Waals surface area contributed by atoms with E-state index in [1.807, 2.05) is 53.4 Å². The smallest absolute Gasteiger partial charge is 0.267 e. The normalized spacial score (nSPS) is 23.8. The summed E-state index contributed by atoms with van der Waals surface area (Å²) >= 11 is 5.04. The number of hydrogen-bond donors (Lipinski definition) is 0. The van der Waals surface area contributed by atoms with Crippen molar-refractivity contribution < 1.29 is 14.3 Å². The number of methoxy groups -OCH3 is 2. The van der Waals surface area contributed by atoms with Crippen LogP contribution in [0.3, 0.4) is 0 Å². The van der Waals surface area contributed by atoms with Gasteiger partial charge in [-0.05, 0) is 66.4 Å². The van der Waals surface area contributed by atoms with Crippen molar-refractivity contribution in [2.24, 2.45) is 10.9 Å². The standard InChI is InChI=1S/C25H27BrN2O3S/c1-16-9-7-8-12-20(16)28-24(29)23(32-25(28)27-18-10-5-4-6-11-18)14-17-13-21(30-2)22(31-3)15-19(17)26/h4-6,10-11,13-16,20H,7-9,12H2,1-3H3/b23-14-,27-25?/t16-,20+/m0/s1. The molecule has 2 atom stereocenters. The van der Waals surface area contributed by atoms with Gasteiger partial charge in [-0.15, -0.1) is 0 Å². The number of para-hydroxylation sites is 1. The molecule has 1 heterocycles. The van der Waals surface area contributed by atoms with Crippen molar-refractivity contribution in [1.82, 2.24) is 4.90 Å². The molecular formula is C25H27BrN2O3S. The number of halogens is 1. The lowest BCUT2D eigenvalue weighted by Gasteiger charge is -2.35. The van der Waals surface area contributed by atoms with E-state index in [2.05, 4.69) is 22.9 Å². The highest BCUT2D eigenvalue weighted by molar-refractivity contribution is 9.10. The Morgan fingerprint density at radius 2 is 1.78 bits per heavy atom. The molecule has 1 aliphatic heterocycles. The monoisotopic (exact) mass is 514 g/mol. The molecule has 0 bridgehead atoms. The van der Waals surface area contributed by atoms with E-state index in [1.54, 1.807) is 14.2 Å². The fourth-order valence-electron chi connectivity index (χ4n) is 4.27. The van der Waals surface area contributed by atoms with Crippen LogP contribution in [0.15, 0.2) is 56.8 Å². The minimum Gasteiger partial charge on any atom is -0.493 e. The molecule has 2 aromatic carbocycles. The molecule has 32 heavy (non-hydrogen) atoms. The zero-order valence-corrected chi connectivity index (χ0v) is 20.9. The molecule has 2 aliphatic rings. The number of thioether (sulfide) groups is 1. The van der Waals surface area contributed by atoms with Crippen molar-refractivity contribution in [1.29, 1.82) is 0 Å². The Kier molecular flexibility index (Phi) is 7.26. The molecule has 0 N–H and O–H groups in total. The second kappa shape index (κ2) is 10.1. The number of nitrogens with zero attached hydrogens (tertiary/aromatic N) is 2. The number of amidine groups is 1. The van der Waals surface area contributed by atoms with Crippen LogP contribution >= 0.6 is 27.7 Å². The van der Waals surface area contributed by atoms with Gasteiger partial charge in [0.15, 0.2) is 16.7 Å². The number of carbonyl (C=O) groups is 1. The molecule has 0 aromatic heterocycles. The summed E-state index contributed by atoms with van der Waals surface area (Å²) in [4.78, 5) is 21.1. The van der Waals surface area contributed by atoms with Crippen molar-refractivity contribution in [2.75, 3.05) is 14.2 Å². The van der Waals surface area contributed by atoms with Crippen molar-refractivity contribution in [3.63, 3.8) is 0 Å². The van der Waals surface area contributed by atoms with E-state index in [0.29, 0.717) is 22.3 Å². The van der Waals surface area contributed by atoms with Crippen molar-refractivity contribution in [3.05, 3.63) is 57.4 Å². The highest BCUT2D eigenvalue weighted by Gasteiger charge is 2.41. The van der Waals surface area contributed by atoms with Crippen LogP contribution in [0, 0.1) is 5.92 Å². The van der Waals surface area contributed by atoms with Crippen molar-refractivity contribution >= 4 is 50.5 Å². The van der Waals surface area contributed by atoms with Gasteiger partial charge in [0.25, 0.3) is 5.91 Å². The van der Waals surface area contributed by atoms with Gasteiger partial charge in [0.05, 0.1) is 24.8 Å². The van der Waals surface area contributed by atoms with E-state index in [9.17, 15) is 4.79 Å². The Hall–Kier alpha value is -2.25. The Labute approximate surface area is 202 Å². The molecule has 0 spiro atoms. The maximum Gasteiger partial charge on any atom is 0.267 e. The zero-order chi connectivity index (χ0) is 22.7. The number of aliphatic imine (C=N–C) groups is 1. The molecule has 5 nitrogen and oxygen atoms in total. The summed E-state index contributed by atoms with van der Waals surface area (Å²) in [7, 11) is 3.21. The zero-order valence-electron chi connectivity index (χ0n) is 18.5. The highest BCUT2D eigenvalue weighted by atomic mass is 79.9. The summed E-state index contributed by atoms with van der Waals surface area (Å²) in [5.41, 5.74) is 1.71. The first-order valence-corrected chi connectivity index (χ1v) is 12.4. The van der Waals surface area contributed by atoms with E-state index in [4.69, 9.17) is 14.5 Å². The van der Waals surface area contributed by atoms with Crippen molar-refractivity contribution in [2.45, 2.75) is 38.6 Å². The number of rotatable bonds is 5. The Morgan fingerprint density at radius 3 is 2.47 bits per heavy atom. The molecule has 7 heteroatoms. The van der Waals surface area contributed by atoms with E-state index in [-0.39, 0.29) is 11.9 Å².